The highest BCUT2D eigenvalue weighted by Gasteiger charge is 2.10. The van der Waals surface area contributed by atoms with Crippen molar-refractivity contribution in [3.8, 4) is 23.7 Å². The molecule has 0 bridgehead atoms. The number of furan rings is 1. The van der Waals surface area contributed by atoms with Gasteiger partial charge in [0.1, 0.15) is 11.5 Å². The molecule has 0 amide bonds. The van der Waals surface area contributed by atoms with Gasteiger partial charge in [-0.25, -0.2) is 4.79 Å². The molecule has 0 unspecified atom stereocenters. The highest BCUT2D eigenvalue weighted by atomic mass is 16.5. The van der Waals surface area contributed by atoms with E-state index in [0.29, 0.717) is 17.1 Å². The molecule has 0 spiro atoms. The highest BCUT2D eigenvalue weighted by Crippen LogP contribution is 2.23. The minimum absolute atomic E-state index is 0.0567. The molecule has 0 saturated carbocycles. The van der Waals surface area contributed by atoms with Gasteiger partial charge in [0.05, 0.1) is 17.5 Å². The van der Waals surface area contributed by atoms with Crippen LogP contribution in [-0.4, -0.2) is 18.8 Å². The van der Waals surface area contributed by atoms with Gasteiger partial charge in [-0.3, -0.25) is 5.43 Å². The molecule has 5 heteroatoms. The second-order valence-corrected chi connectivity index (χ2v) is 5.30. The second-order valence-electron chi connectivity index (χ2n) is 5.30. The van der Waals surface area contributed by atoms with Crippen LogP contribution in [0.1, 0.15) is 16.1 Å². The lowest BCUT2D eigenvalue weighted by molar-refractivity contribution is 0.0557. The van der Waals surface area contributed by atoms with E-state index >= 15 is 0 Å². The molecule has 0 saturated heterocycles. The van der Waals surface area contributed by atoms with Crippen LogP contribution in [0.15, 0.2) is 76.2 Å². The maximum absolute atomic E-state index is 11.9. The monoisotopic (exact) mass is 344 g/mol. The normalized spacial score (nSPS) is 10.4. The third kappa shape index (κ3) is 4.40. The van der Waals surface area contributed by atoms with Crippen LogP contribution in [0.3, 0.4) is 0 Å². The van der Waals surface area contributed by atoms with Crippen LogP contribution >= 0.6 is 0 Å². The van der Waals surface area contributed by atoms with Gasteiger partial charge in [-0.15, -0.1) is 6.42 Å². The maximum atomic E-state index is 11.9. The van der Waals surface area contributed by atoms with Gasteiger partial charge in [0.15, 0.2) is 6.61 Å². The van der Waals surface area contributed by atoms with Crippen molar-refractivity contribution >= 4 is 17.9 Å². The zero-order valence-corrected chi connectivity index (χ0v) is 13.9. The first kappa shape index (κ1) is 17.1. The summed E-state index contributed by atoms with van der Waals surface area (Å²) >= 11 is 0. The fourth-order valence-corrected chi connectivity index (χ4v) is 2.25. The summed E-state index contributed by atoms with van der Waals surface area (Å²) in [5, 5.41) is 4.14. The molecular weight excluding hydrogens is 328 g/mol. The van der Waals surface area contributed by atoms with Crippen LogP contribution in [0.4, 0.5) is 5.69 Å². The Kier molecular flexibility index (Phi) is 5.48. The number of hydrogen-bond donors (Lipinski definition) is 1. The lowest BCUT2D eigenvalue weighted by Crippen LogP contribution is -2.05. The number of carbonyl (C=O) groups is 1. The predicted octanol–water partition coefficient (Wildman–Crippen LogP) is 4.18. The summed E-state index contributed by atoms with van der Waals surface area (Å²) in [7, 11) is 0. The van der Waals surface area contributed by atoms with Gasteiger partial charge in [0.25, 0.3) is 0 Å². The van der Waals surface area contributed by atoms with Crippen molar-refractivity contribution in [3.05, 3.63) is 78.1 Å². The number of benzene rings is 2. The van der Waals surface area contributed by atoms with E-state index in [1.807, 2.05) is 42.5 Å². The molecule has 5 nitrogen and oxygen atoms in total. The van der Waals surface area contributed by atoms with E-state index < -0.39 is 5.97 Å². The Hall–Kier alpha value is -3.78. The van der Waals surface area contributed by atoms with Crippen LogP contribution in [0.5, 0.6) is 0 Å². The number of carbonyl (C=O) groups excluding carboxylic acids is 1. The Morgan fingerprint density at radius 3 is 2.81 bits per heavy atom. The molecule has 0 fully saturated rings. The van der Waals surface area contributed by atoms with Crippen molar-refractivity contribution < 1.29 is 13.9 Å². The van der Waals surface area contributed by atoms with Gasteiger partial charge >= 0.3 is 5.97 Å². The highest BCUT2D eigenvalue weighted by molar-refractivity contribution is 5.91. The number of nitrogens with zero attached hydrogens (tertiary/aromatic N) is 1. The zero-order chi connectivity index (χ0) is 18.2. The molecule has 0 aliphatic carbocycles. The van der Waals surface area contributed by atoms with Crippen LogP contribution in [-0.2, 0) is 4.74 Å². The van der Waals surface area contributed by atoms with Gasteiger partial charge in [-0.2, -0.15) is 5.10 Å². The first-order valence-electron chi connectivity index (χ1n) is 7.91. The zero-order valence-electron chi connectivity index (χ0n) is 13.9. The third-order valence-corrected chi connectivity index (χ3v) is 3.46. The Morgan fingerprint density at radius 1 is 1.15 bits per heavy atom. The number of ether oxygens (including phenoxy) is 1. The molecule has 128 valence electrons. The first-order chi connectivity index (χ1) is 12.8. The summed E-state index contributed by atoms with van der Waals surface area (Å²) < 4.78 is 10.7. The summed E-state index contributed by atoms with van der Waals surface area (Å²) in [5.41, 5.74) is 4.97. The fraction of sp³-hybridized carbons (Fsp3) is 0.0476. The Labute approximate surface area is 151 Å². The van der Waals surface area contributed by atoms with E-state index in [0.717, 1.165) is 11.3 Å². The quantitative estimate of drug-likeness (QED) is 0.315. The number of hydrazone groups is 1. The van der Waals surface area contributed by atoms with E-state index in [4.69, 9.17) is 15.6 Å². The molecule has 0 atom stereocenters. The summed E-state index contributed by atoms with van der Waals surface area (Å²) in [6, 6.07) is 20.2. The summed E-state index contributed by atoms with van der Waals surface area (Å²) in [4.78, 5) is 11.9. The Balaban J connectivity index is 1.69. The first-order valence-corrected chi connectivity index (χ1v) is 7.91. The number of terminal acetylenes is 1. The molecule has 3 aromatic rings. The molecular formula is C21H16N2O3. The lowest BCUT2D eigenvalue weighted by Gasteiger charge is -2.03. The Morgan fingerprint density at radius 2 is 2.00 bits per heavy atom. The van der Waals surface area contributed by atoms with Crippen molar-refractivity contribution in [3.63, 3.8) is 0 Å². The van der Waals surface area contributed by atoms with Gasteiger partial charge in [0, 0.05) is 5.56 Å². The summed E-state index contributed by atoms with van der Waals surface area (Å²) in [6.45, 7) is -0.0567. The number of rotatable bonds is 6. The van der Waals surface area contributed by atoms with Crippen molar-refractivity contribution in [2.75, 3.05) is 12.0 Å². The molecule has 1 aromatic heterocycles. The number of nitrogens with one attached hydrogen (secondary N) is 1. The standard InChI is InChI=1S/C21H16N2O3/c1-2-13-25-21(24)17-8-6-7-16(14-17)20-12-11-19(26-20)15-22-23-18-9-4-3-5-10-18/h1,3-12,14-15,23H,13H2. The molecule has 1 heterocycles. The van der Waals surface area contributed by atoms with E-state index in [2.05, 4.69) is 16.4 Å². The number of esters is 1. The topological polar surface area (TPSA) is 63.8 Å². The fourth-order valence-electron chi connectivity index (χ4n) is 2.25. The molecule has 0 aliphatic heterocycles. The van der Waals surface area contributed by atoms with Crippen molar-refractivity contribution in [1.29, 1.82) is 0 Å². The van der Waals surface area contributed by atoms with Gasteiger partial charge in [-0.1, -0.05) is 36.3 Å². The van der Waals surface area contributed by atoms with Gasteiger partial charge in [-0.05, 0) is 36.4 Å². The minimum Gasteiger partial charge on any atom is -0.455 e. The maximum Gasteiger partial charge on any atom is 0.339 e. The molecule has 26 heavy (non-hydrogen) atoms. The average Bonchev–Trinajstić information content (AvgIpc) is 3.16. The molecule has 0 aliphatic rings. The second kappa shape index (κ2) is 8.36. The Bertz CT molecular complexity index is 953. The van der Waals surface area contributed by atoms with Gasteiger partial charge < -0.3 is 9.15 Å². The van der Waals surface area contributed by atoms with E-state index in [1.54, 1.807) is 30.5 Å². The minimum atomic E-state index is -0.467. The van der Waals surface area contributed by atoms with Crippen LogP contribution in [0.2, 0.25) is 0 Å². The molecule has 0 radical (unpaired) electrons. The van der Waals surface area contributed by atoms with Gasteiger partial charge in [0.2, 0.25) is 0 Å². The van der Waals surface area contributed by atoms with Crippen molar-refractivity contribution in [2.45, 2.75) is 0 Å². The molecule has 2 aromatic carbocycles. The van der Waals surface area contributed by atoms with Crippen LogP contribution < -0.4 is 5.43 Å². The summed E-state index contributed by atoms with van der Waals surface area (Å²) in [5.74, 6) is 3.01. The number of anilines is 1. The predicted molar refractivity (Wildman–Crippen MR) is 101 cm³/mol. The molecule has 1 N–H and O–H groups in total. The lowest BCUT2D eigenvalue weighted by atomic mass is 10.1. The van der Waals surface area contributed by atoms with E-state index in [-0.39, 0.29) is 6.61 Å². The van der Waals surface area contributed by atoms with Crippen LogP contribution in [0, 0.1) is 12.3 Å². The van der Waals surface area contributed by atoms with E-state index in [9.17, 15) is 4.79 Å². The van der Waals surface area contributed by atoms with Crippen LogP contribution in [0.25, 0.3) is 11.3 Å². The SMILES string of the molecule is C#CCOC(=O)c1cccc(-c2ccc(C=NNc3ccccc3)o2)c1. The van der Waals surface area contributed by atoms with Crippen molar-refractivity contribution in [1.82, 2.24) is 0 Å². The summed E-state index contributed by atoms with van der Waals surface area (Å²) in [6.07, 6.45) is 6.68. The number of para-hydroxylation sites is 1. The molecule has 3 rings (SSSR count). The smallest absolute Gasteiger partial charge is 0.339 e. The number of hydrogen-bond acceptors (Lipinski definition) is 5. The van der Waals surface area contributed by atoms with E-state index in [1.165, 1.54) is 0 Å². The average molecular weight is 344 g/mol. The largest absolute Gasteiger partial charge is 0.455 e. The third-order valence-electron chi connectivity index (χ3n) is 3.46. The van der Waals surface area contributed by atoms with Crippen molar-refractivity contribution in [2.24, 2.45) is 5.10 Å².